The number of methoxy groups -OCH3 is 2. The molecule has 0 saturated heterocycles. The molecular formula is C22H27FN2O5S. The Kier molecular flexibility index (Phi) is 7.50. The van der Waals surface area contributed by atoms with Crippen LogP contribution < -0.4 is 14.8 Å². The van der Waals surface area contributed by atoms with Crippen molar-refractivity contribution in [3.05, 3.63) is 48.3 Å². The number of nitrogens with zero attached hydrogens (tertiary/aromatic N) is 1. The summed E-state index contributed by atoms with van der Waals surface area (Å²) in [6, 6.07) is 9.80. The van der Waals surface area contributed by atoms with Gasteiger partial charge in [0.05, 0.1) is 31.3 Å². The molecule has 0 radical (unpaired) electrons. The van der Waals surface area contributed by atoms with Crippen molar-refractivity contribution >= 4 is 21.6 Å². The lowest BCUT2D eigenvalue weighted by Gasteiger charge is -2.33. The first-order chi connectivity index (χ1) is 14.9. The van der Waals surface area contributed by atoms with Crippen molar-refractivity contribution in [2.24, 2.45) is 0 Å². The fraction of sp³-hybridized carbons (Fsp3) is 0.409. The summed E-state index contributed by atoms with van der Waals surface area (Å²) in [7, 11) is -1.12. The van der Waals surface area contributed by atoms with Gasteiger partial charge in [-0.2, -0.15) is 4.31 Å². The molecule has 1 amide bonds. The Labute approximate surface area is 182 Å². The maximum absolute atomic E-state index is 13.9. The summed E-state index contributed by atoms with van der Waals surface area (Å²) in [5.41, 5.74) is 0.0135. The smallest absolute Gasteiger partial charge is 0.243 e. The van der Waals surface area contributed by atoms with Crippen LogP contribution in [-0.2, 0) is 14.8 Å². The molecule has 7 nitrogen and oxygen atoms in total. The van der Waals surface area contributed by atoms with E-state index < -0.39 is 28.3 Å². The van der Waals surface area contributed by atoms with Crippen molar-refractivity contribution in [2.75, 3.05) is 26.1 Å². The Balaban J connectivity index is 1.91. The number of ether oxygens (including phenoxy) is 2. The van der Waals surface area contributed by atoms with Gasteiger partial charge in [0.1, 0.15) is 5.82 Å². The van der Waals surface area contributed by atoms with E-state index >= 15 is 0 Å². The van der Waals surface area contributed by atoms with Gasteiger partial charge in [-0.15, -0.1) is 0 Å². The normalized spacial score (nSPS) is 15.0. The molecular weight excluding hydrogens is 423 g/mol. The molecule has 31 heavy (non-hydrogen) atoms. The number of hydrogen-bond donors (Lipinski definition) is 1. The van der Waals surface area contributed by atoms with E-state index in [0.717, 1.165) is 19.3 Å². The van der Waals surface area contributed by atoms with Crippen molar-refractivity contribution in [3.8, 4) is 11.5 Å². The number of nitrogens with one attached hydrogen (secondary N) is 1. The van der Waals surface area contributed by atoms with E-state index in [2.05, 4.69) is 5.32 Å². The predicted octanol–water partition coefficient (Wildman–Crippen LogP) is 3.81. The van der Waals surface area contributed by atoms with Crippen LogP contribution in [0.1, 0.15) is 32.1 Å². The van der Waals surface area contributed by atoms with E-state index in [1.807, 2.05) is 0 Å². The van der Waals surface area contributed by atoms with Gasteiger partial charge in [-0.25, -0.2) is 12.8 Å². The second-order valence-electron chi connectivity index (χ2n) is 7.39. The Morgan fingerprint density at radius 1 is 1.06 bits per heavy atom. The lowest BCUT2D eigenvalue weighted by atomic mass is 9.95. The van der Waals surface area contributed by atoms with Crippen molar-refractivity contribution in [1.29, 1.82) is 0 Å². The van der Waals surface area contributed by atoms with Crippen LogP contribution in [0.3, 0.4) is 0 Å². The van der Waals surface area contributed by atoms with Crippen LogP contribution in [0, 0.1) is 5.82 Å². The Morgan fingerprint density at radius 2 is 1.74 bits per heavy atom. The number of anilines is 1. The molecule has 1 N–H and O–H groups in total. The third kappa shape index (κ3) is 5.34. The number of benzene rings is 2. The third-order valence-corrected chi connectivity index (χ3v) is 7.29. The second kappa shape index (κ2) is 10.1. The van der Waals surface area contributed by atoms with E-state index in [0.29, 0.717) is 18.6 Å². The Morgan fingerprint density at radius 3 is 2.39 bits per heavy atom. The number of hydrogen-bond acceptors (Lipinski definition) is 5. The van der Waals surface area contributed by atoms with Gasteiger partial charge in [0, 0.05) is 12.1 Å². The number of para-hydroxylation sites is 1. The number of amides is 1. The number of rotatable bonds is 8. The van der Waals surface area contributed by atoms with E-state index in [4.69, 9.17) is 9.47 Å². The molecule has 1 aliphatic carbocycles. The molecule has 0 atom stereocenters. The summed E-state index contributed by atoms with van der Waals surface area (Å²) < 4.78 is 52.6. The lowest BCUT2D eigenvalue weighted by molar-refractivity contribution is -0.116. The minimum Gasteiger partial charge on any atom is -0.493 e. The number of halogens is 1. The highest BCUT2D eigenvalue weighted by Crippen LogP contribution is 2.33. The molecule has 1 saturated carbocycles. The number of carbonyl (C=O) groups excluding carboxylic acids is 1. The maximum atomic E-state index is 13.9. The third-order valence-electron chi connectivity index (χ3n) is 5.39. The summed E-state index contributed by atoms with van der Waals surface area (Å²) in [6.45, 7) is -0.407. The Bertz CT molecular complexity index is 1020. The van der Waals surface area contributed by atoms with Crippen LogP contribution in [0.2, 0.25) is 0 Å². The average Bonchev–Trinajstić information content (AvgIpc) is 2.79. The minimum atomic E-state index is -4.01. The number of carbonyl (C=O) groups is 1. The van der Waals surface area contributed by atoms with Crippen molar-refractivity contribution in [3.63, 3.8) is 0 Å². The average molecular weight is 451 g/mol. The maximum Gasteiger partial charge on any atom is 0.243 e. The first-order valence-electron chi connectivity index (χ1n) is 10.1. The molecule has 0 spiro atoms. The van der Waals surface area contributed by atoms with Crippen LogP contribution in [0.25, 0.3) is 0 Å². The van der Waals surface area contributed by atoms with Crippen molar-refractivity contribution in [1.82, 2.24) is 4.31 Å². The van der Waals surface area contributed by atoms with Crippen LogP contribution in [-0.4, -0.2) is 45.4 Å². The van der Waals surface area contributed by atoms with E-state index in [1.54, 1.807) is 6.07 Å². The summed E-state index contributed by atoms with van der Waals surface area (Å²) >= 11 is 0. The van der Waals surface area contributed by atoms with Crippen LogP contribution in [0.15, 0.2) is 47.4 Å². The summed E-state index contributed by atoms with van der Waals surface area (Å²) in [5, 5.41) is 2.48. The van der Waals surface area contributed by atoms with E-state index in [9.17, 15) is 17.6 Å². The van der Waals surface area contributed by atoms with E-state index in [1.165, 1.54) is 54.9 Å². The topological polar surface area (TPSA) is 84.9 Å². The molecule has 2 aromatic carbocycles. The number of sulfonamides is 1. The molecule has 168 valence electrons. The van der Waals surface area contributed by atoms with Gasteiger partial charge < -0.3 is 14.8 Å². The summed E-state index contributed by atoms with van der Waals surface area (Å²) in [4.78, 5) is 12.7. The van der Waals surface area contributed by atoms with Crippen LogP contribution >= 0.6 is 0 Å². The van der Waals surface area contributed by atoms with Crippen molar-refractivity contribution < 1.29 is 27.1 Å². The summed E-state index contributed by atoms with van der Waals surface area (Å²) in [5.74, 6) is -0.492. The zero-order chi connectivity index (χ0) is 22.4. The van der Waals surface area contributed by atoms with Gasteiger partial charge >= 0.3 is 0 Å². The molecule has 3 rings (SSSR count). The monoisotopic (exact) mass is 450 g/mol. The lowest BCUT2D eigenvalue weighted by Crippen LogP contribution is -2.45. The molecule has 9 heteroatoms. The SMILES string of the molecule is COc1ccc(S(=O)(=O)N(CC(=O)Nc2ccccc2F)C2CCCCC2)cc1OC. The van der Waals surface area contributed by atoms with Gasteiger partial charge in [0.2, 0.25) is 15.9 Å². The van der Waals surface area contributed by atoms with Gasteiger partial charge in [-0.05, 0) is 37.1 Å². The first kappa shape index (κ1) is 23.0. The van der Waals surface area contributed by atoms with Crippen LogP contribution in [0.5, 0.6) is 11.5 Å². The molecule has 0 heterocycles. The fourth-order valence-electron chi connectivity index (χ4n) is 3.79. The molecule has 0 unspecified atom stereocenters. The molecule has 0 aliphatic heterocycles. The summed E-state index contributed by atoms with van der Waals surface area (Å²) in [6.07, 6.45) is 4.14. The van der Waals surface area contributed by atoms with Gasteiger partial charge in [-0.1, -0.05) is 31.4 Å². The van der Waals surface area contributed by atoms with Gasteiger partial charge in [-0.3, -0.25) is 4.79 Å². The second-order valence-corrected chi connectivity index (χ2v) is 9.28. The van der Waals surface area contributed by atoms with Gasteiger partial charge in [0.25, 0.3) is 0 Å². The van der Waals surface area contributed by atoms with E-state index in [-0.39, 0.29) is 22.4 Å². The molecule has 0 aromatic heterocycles. The minimum absolute atomic E-state index is 0.00872. The fourth-order valence-corrected chi connectivity index (χ4v) is 5.44. The Hall–Kier alpha value is -2.65. The predicted molar refractivity (Wildman–Crippen MR) is 115 cm³/mol. The highest BCUT2D eigenvalue weighted by molar-refractivity contribution is 7.89. The highest BCUT2D eigenvalue weighted by Gasteiger charge is 2.34. The first-order valence-corrected chi connectivity index (χ1v) is 11.6. The largest absolute Gasteiger partial charge is 0.493 e. The molecule has 2 aromatic rings. The molecule has 1 aliphatic rings. The quantitative estimate of drug-likeness (QED) is 0.661. The zero-order valence-electron chi connectivity index (χ0n) is 17.6. The van der Waals surface area contributed by atoms with Gasteiger partial charge in [0.15, 0.2) is 11.5 Å². The van der Waals surface area contributed by atoms with Crippen molar-refractivity contribution in [2.45, 2.75) is 43.0 Å². The zero-order valence-corrected chi connectivity index (χ0v) is 18.5. The molecule has 1 fully saturated rings. The highest BCUT2D eigenvalue weighted by atomic mass is 32.2. The van der Waals surface area contributed by atoms with Crippen LogP contribution in [0.4, 0.5) is 10.1 Å². The molecule has 0 bridgehead atoms. The standard InChI is InChI=1S/C22H27FN2O5S/c1-29-20-13-12-17(14-21(20)30-2)31(27,28)25(16-8-4-3-5-9-16)15-22(26)24-19-11-7-6-10-18(19)23/h6-7,10-14,16H,3-5,8-9,15H2,1-2H3,(H,24,26).